The largest absolute Gasteiger partial charge is 0.444 e. The maximum atomic E-state index is 12.0. The SMILES string of the molecule is CC(C)(C)OC(=O)N1CCC(NC(=O)Oc2ccc(Br)cc2)C1. The van der Waals surface area contributed by atoms with Gasteiger partial charge in [-0.3, -0.25) is 0 Å². The standard InChI is InChI=1S/C16H21BrN2O4/c1-16(2,3)23-15(21)19-9-8-12(10-19)18-14(20)22-13-6-4-11(17)5-7-13/h4-7,12H,8-10H2,1-3H3,(H,18,20). The summed E-state index contributed by atoms with van der Waals surface area (Å²) in [6.07, 6.45) is -0.208. The van der Waals surface area contributed by atoms with E-state index in [2.05, 4.69) is 21.2 Å². The second kappa shape index (κ2) is 7.21. The third-order valence-electron chi connectivity index (χ3n) is 3.19. The summed E-state index contributed by atoms with van der Waals surface area (Å²) in [5.41, 5.74) is -0.525. The van der Waals surface area contributed by atoms with Crippen molar-refractivity contribution in [1.29, 1.82) is 0 Å². The van der Waals surface area contributed by atoms with Crippen molar-refractivity contribution in [2.45, 2.75) is 38.8 Å². The Labute approximate surface area is 144 Å². The van der Waals surface area contributed by atoms with E-state index < -0.39 is 11.7 Å². The number of nitrogens with one attached hydrogen (secondary N) is 1. The van der Waals surface area contributed by atoms with Crippen molar-refractivity contribution >= 4 is 28.1 Å². The Morgan fingerprint density at radius 3 is 2.52 bits per heavy atom. The number of carbonyl (C=O) groups is 2. The van der Waals surface area contributed by atoms with Gasteiger partial charge in [0.25, 0.3) is 0 Å². The third kappa shape index (κ3) is 5.74. The van der Waals surface area contributed by atoms with Gasteiger partial charge in [0, 0.05) is 17.6 Å². The fraction of sp³-hybridized carbons (Fsp3) is 0.500. The lowest BCUT2D eigenvalue weighted by Gasteiger charge is -2.24. The molecule has 2 amide bonds. The lowest BCUT2D eigenvalue weighted by Crippen LogP contribution is -2.41. The summed E-state index contributed by atoms with van der Waals surface area (Å²) in [6, 6.07) is 6.85. The summed E-state index contributed by atoms with van der Waals surface area (Å²) in [6.45, 7) is 6.45. The van der Waals surface area contributed by atoms with Crippen molar-refractivity contribution < 1.29 is 19.1 Å². The number of likely N-dealkylation sites (tertiary alicyclic amines) is 1. The average Bonchev–Trinajstić information content (AvgIpc) is 2.88. The molecular weight excluding hydrogens is 364 g/mol. The Morgan fingerprint density at radius 1 is 1.26 bits per heavy atom. The second-order valence-electron chi connectivity index (χ2n) is 6.40. The van der Waals surface area contributed by atoms with Crippen LogP contribution in [0.1, 0.15) is 27.2 Å². The fourth-order valence-electron chi connectivity index (χ4n) is 2.18. The Morgan fingerprint density at radius 2 is 1.91 bits per heavy atom. The Bertz CT molecular complexity index is 568. The molecule has 0 spiro atoms. The van der Waals surface area contributed by atoms with Gasteiger partial charge in [-0.15, -0.1) is 0 Å². The minimum absolute atomic E-state index is 0.134. The van der Waals surface area contributed by atoms with Gasteiger partial charge in [0.2, 0.25) is 0 Å². The number of halogens is 1. The van der Waals surface area contributed by atoms with E-state index in [1.54, 1.807) is 29.2 Å². The van der Waals surface area contributed by atoms with Crippen LogP contribution in [0.25, 0.3) is 0 Å². The van der Waals surface area contributed by atoms with E-state index in [1.165, 1.54) is 0 Å². The first-order valence-corrected chi connectivity index (χ1v) is 8.24. The lowest BCUT2D eigenvalue weighted by molar-refractivity contribution is 0.0290. The summed E-state index contributed by atoms with van der Waals surface area (Å²) >= 11 is 3.32. The molecule has 0 bridgehead atoms. The summed E-state index contributed by atoms with van der Waals surface area (Å²) < 4.78 is 11.4. The maximum Gasteiger partial charge on any atom is 0.412 e. The zero-order valence-corrected chi connectivity index (χ0v) is 15.1. The highest BCUT2D eigenvalue weighted by Gasteiger charge is 2.30. The van der Waals surface area contributed by atoms with Crippen molar-refractivity contribution in [3.8, 4) is 5.75 Å². The number of hydrogen-bond donors (Lipinski definition) is 1. The molecule has 2 rings (SSSR count). The van der Waals surface area contributed by atoms with Crippen molar-refractivity contribution in [3.05, 3.63) is 28.7 Å². The molecule has 0 aliphatic carbocycles. The Kier molecular flexibility index (Phi) is 5.51. The molecule has 1 heterocycles. The Balaban J connectivity index is 1.79. The summed E-state index contributed by atoms with van der Waals surface area (Å²) in [5, 5.41) is 2.77. The molecule has 1 aromatic rings. The first kappa shape index (κ1) is 17.6. The van der Waals surface area contributed by atoms with Crippen LogP contribution in [-0.4, -0.2) is 41.8 Å². The monoisotopic (exact) mass is 384 g/mol. The normalized spacial score (nSPS) is 17.7. The lowest BCUT2D eigenvalue weighted by atomic mass is 10.2. The molecule has 1 saturated heterocycles. The van der Waals surface area contributed by atoms with E-state index in [9.17, 15) is 9.59 Å². The van der Waals surface area contributed by atoms with Gasteiger partial charge in [-0.2, -0.15) is 0 Å². The number of benzene rings is 1. The van der Waals surface area contributed by atoms with Gasteiger partial charge >= 0.3 is 12.2 Å². The van der Waals surface area contributed by atoms with Crippen LogP contribution in [-0.2, 0) is 4.74 Å². The molecule has 1 N–H and O–H groups in total. The third-order valence-corrected chi connectivity index (χ3v) is 3.71. The summed E-state index contributed by atoms with van der Waals surface area (Å²) in [7, 11) is 0. The Hall–Kier alpha value is -1.76. The highest BCUT2D eigenvalue weighted by Crippen LogP contribution is 2.17. The number of carbonyl (C=O) groups excluding carboxylic acids is 2. The van der Waals surface area contributed by atoms with Crippen LogP contribution in [0.4, 0.5) is 9.59 Å². The molecule has 6 nitrogen and oxygen atoms in total. The molecule has 0 radical (unpaired) electrons. The molecule has 1 atom stereocenters. The average molecular weight is 385 g/mol. The zero-order chi connectivity index (χ0) is 17.0. The second-order valence-corrected chi connectivity index (χ2v) is 7.32. The van der Waals surface area contributed by atoms with Gasteiger partial charge in [0.1, 0.15) is 11.4 Å². The number of rotatable bonds is 2. The first-order chi connectivity index (χ1) is 10.7. The van der Waals surface area contributed by atoms with Crippen molar-refractivity contribution in [2.24, 2.45) is 0 Å². The molecule has 1 unspecified atom stereocenters. The van der Waals surface area contributed by atoms with Crippen LogP contribution in [0, 0.1) is 0 Å². The van der Waals surface area contributed by atoms with Gasteiger partial charge in [0.15, 0.2) is 0 Å². The zero-order valence-electron chi connectivity index (χ0n) is 13.5. The predicted molar refractivity (Wildman–Crippen MR) is 89.5 cm³/mol. The maximum absolute atomic E-state index is 12.0. The first-order valence-electron chi connectivity index (χ1n) is 7.45. The van der Waals surface area contributed by atoms with Crippen molar-refractivity contribution in [3.63, 3.8) is 0 Å². The smallest absolute Gasteiger partial charge is 0.412 e. The minimum Gasteiger partial charge on any atom is -0.444 e. The van der Waals surface area contributed by atoms with E-state index in [0.717, 1.165) is 4.47 Å². The summed E-state index contributed by atoms with van der Waals surface area (Å²) in [4.78, 5) is 25.4. The molecule has 1 fully saturated rings. The van der Waals surface area contributed by atoms with Gasteiger partial charge in [-0.05, 0) is 51.5 Å². The number of hydrogen-bond acceptors (Lipinski definition) is 4. The van der Waals surface area contributed by atoms with Crippen LogP contribution in [0.15, 0.2) is 28.7 Å². The van der Waals surface area contributed by atoms with Gasteiger partial charge in [-0.1, -0.05) is 15.9 Å². The van der Waals surface area contributed by atoms with Crippen LogP contribution in [0.5, 0.6) is 5.75 Å². The minimum atomic E-state index is -0.525. The molecule has 23 heavy (non-hydrogen) atoms. The van der Waals surface area contributed by atoms with Gasteiger partial charge in [0.05, 0.1) is 6.04 Å². The van der Waals surface area contributed by atoms with Crippen LogP contribution in [0.2, 0.25) is 0 Å². The van der Waals surface area contributed by atoms with Crippen molar-refractivity contribution in [1.82, 2.24) is 10.2 Å². The molecule has 1 aliphatic heterocycles. The van der Waals surface area contributed by atoms with Crippen LogP contribution >= 0.6 is 15.9 Å². The quantitative estimate of drug-likeness (QED) is 0.846. The van der Waals surface area contributed by atoms with Gasteiger partial charge < -0.3 is 19.7 Å². The molecule has 1 aromatic carbocycles. The number of ether oxygens (including phenoxy) is 2. The molecule has 1 aliphatic rings. The van der Waals surface area contributed by atoms with E-state index in [4.69, 9.17) is 9.47 Å². The number of amides is 2. The molecule has 0 saturated carbocycles. The molecule has 7 heteroatoms. The molecule has 0 aromatic heterocycles. The van der Waals surface area contributed by atoms with Gasteiger partial charge in [-0.25, -0.2) is 9.59 Å². The van der Waals surface area contributed by atoms with E-state index in [0.29, 0.717) is 25.3 Å². The molecule has 126 valence electrons. The number of nitrogens with zero attached hydrogens (tertiary/aromatic N) is 1. The van der Waals surface area contributed by atoms with Crippen molar-refractivity contribution in [2.75, 3.05) is 13.1 Å². The fourth-order valence-corrected chi connectivity index (χ4v) is 2.44. The topological polar surface area (TPSA) is 67.9 Å². The molecular formula is C16H21BrN2O4. The van der Waals surface area contributed by atoms with E-state index >= 15 is 0 Å². The predicted octanol–water partition coefficient (Wildman–Crippen LogP) is 3.55. The highest BCUT2D eigenvalue weighted by molar-refractivity contribution is 9.10. The van der Waals surface area contributed by atoms with Crippen LogP contribution in [0.3, 0.4) is 0 Å². The van der Waals surface area contributed by atoms with Crippen LogP contribution < -0.4 is 10.1 Å². The summed E-state index contributed by atoms with van der Waals surface area (Å²) in [5.74, 6) is 0.465. The highest BCUT2D eigenvalue weighted by atomic mass is 79.9. The van der Waals surface area contributed by atoms with E-state index in [1.807, 2.05) is 20.8 Å². The van der Waals surface area contributed by atoms with E-state index in [-0.39, 0.29) is 12.1 Å².